The zero-order valence-corrected chi connectivity index (χ0v) is 11.2. The van der Waals surface area contributed by atoms with Crippen LogP contribution in [-0.2, 0) is 0 Å². The predicted molar refractivity (Wildman–Crippen MR) is 71.2 cm³/mol. The minimum Gasteiger partial charge on any atom is -0.295 e. The normalized spacial score (nSPS) is 13.9. The molecular weight excluding hydrogens is 259 g/mol. The Kier molecular flexibility index (Phi) is 6.02. The van der Waals surface area contributed by atoms with E-state index >= 15 is 0 Å². The molecule has 0 aliphatic rings. The molecule has 0 aliphatic heterocycles. The molecule has 5 heteroatoms. The van der Waals surface area contributed by atoms with Crippen molar-refractivity contribution >= 4 is 12.6 Å². The number of nitrogens with zero attached hydrogens (tertiary/aromatic N) is 1. The van der Waals surface area contributed by atoms with E-state index in [0.29, 0.717) is 18.8 Å². The number of likely N-dealkylation sites (N-methyl/N-ethyl adjacent to an activating group) is 1. The SMILES string of the molecule is CCN(CC(CS)c1ccccc1)CC(F)(F)F. The highest BCUT2D eigenvalue weighted by atomic mass is 32.1. The van der Waals surface area contributed by atoms with Crippen LogP contribution < -0.4 is 0 Å². The van der Waals surface area contributed by atoms with Gasteiger partial charge in [-0.25, -0.2) is 0 Å². The molecule has 1 aromatic rings. The lowest BCUT2D eigenvalue weighted by Crippen LogP contribution is -2.37. The van der Waals surface area contributed by atoms with Crippen molar-refractivity contribution in [3.63, 3.8) is 0 Å². The lowest BCUT2D eigenvalue weighted by Gasteiger charge is -2.26. The van der Waals surface area contributed by atoms with Crippen LogP contribution in [0.2, 0.25) is 0 Å². The van der Waals surface area contributed by atoms with Gasteiger partial charge >= 0.3 is 6.18 Å². The molecule has 1 nitrogen and oxygen atoms in total. The van der Waals surface area contributed by atoms with Crippen molar-refractivity contribution in [1.82, 2.24) is 4.90 Å². The van der Waals surface area contributed by atoms with Crippen LogP contribution in [0.5, 0.6) is 0 Å². The Morgan fingerprint density at radius 3 is 2.28 bits per heavy atom. The molecule has 0 saturated carbocycles. The van der Waals surface area contributed by atoms with E-state index in [9.17, 15) is 13.2 Å². The largest absolute Gasteiger partial charge is 0.401 e. The Bertz CT molecular complexity index is 340. The Morgan fingerprint density at radius 1 is 1.22 bits per heavy atom. The Labute approximate surface area is 111 Å². The topological polar surface area (TPSA) is 3.24 Å². The van der Waals surface area contributed by atoms with Gasteiger partial charge in [-0.05, 0) is 17.9 Å². The average molecular weight is 277 g/mol. The summed E-state index contributed by atoms with van der Waals surface area (Å²) in [5.41, 5.74) is 1.04. The summed E-state index contributed by atoms with van der Waals surface area (Å²) in [5, 5.41) is 0. The van der Waals surface area contributed by atoms with Gasteiger partial charge in [0.1, 0.15) is 0 Å². The average Bonchev–Trinajstić information content (AvgIpc) is 2.34. The Balaban J connectivity index is 2.67. The standard InChI is InChI=1S/C13H18F3NS/c1-2-17(10-13(14,15)16)8-12(9-18)11-6-4-3-5-7-11/h3-7,12,18H,2,8-10H2,1H3. The van der Waals surface area contributed by atoms with Crippen LogP contribution in [0.25, 0.3) is 0 Å². The highest BCUT2D eigenvalue weighted by molar-refractivity contribution is 7.80. The van der Waals surface area contributed by atoms with Crippen LogP contribution in [0, 0.1) is 0 Å². The molecule has 0 aromatic heterocycles. The van der Waals surface area contributed by atoms with Crippen LogP contribution in [0.1, 0.15) is 18.4 Å². The zero-order chi connectivity index (χ0) is 13.6. The van der Waals surface area contributed by atoms with Crippen LogP contribution >= 0.6 is 12.6 Å². The number of rotatable bonds is 6. The van der Waals surface area contributed by atoms with Crippen molar-refractivity contribution in [3.8, 4) is 0 Å². The summed E-state index contributed by atoms with van der Waals surface area (Å²) in [7, 11) is 0. The van der Waals surface area contributed by atoms with Crippen molar-refractivity contribution in [1.29, 1.82) is 0 Å². The maximum atomic E-state index is 12.4. The second kappa shape index (κ2) is 7.04. The fourth-order valence-corrected chi connectivity index (χ4v) is 2.19. The minimum absolute atomic E-state index is 0.0248. The summed E-state index contributed by atoms with van der Waals surface area (Å²) in [4.78, 5) is 1.41. The first-order chi connectivity index (χ1) is 8.46. The molecule has 0 fully saturated rings. The van der Waals surface area contributed by atoms with Crippen LogP contribution in [0.4, 0.5) is 13.2 Å². The lowest BCUT2D eigenvalue weighted by molar-refractivity contribution is -0.145. The number of hydrogen-bond acceptors (Lipinski definition) is 2. The lowest BCUT2D eigenvalue weighted by atomic mass is 10.0. The van der Waals surface area contributed by atoms with Gasteiger partial charge in [-0.15, -0.1) is 0 Å². The summed E-state index contributed by atoms with van der Waals surface area (Å²) in [5.74, 6) is 0.565. The van der Waals surface area contributed by atoms with Crippen molar-refractivity contribution in [2.75, 3.05) is 25.4 Å². The van der Waals surface area contributed by atoms with Gasteiger partial charge in [-0.2, -0.15) is 25.8 Å². The maximum Gasteiger partial charge on any atom is 0.401 e. The quantitative estimate of drug-likeness (QED) is 0.778. The molecule has 18 heavy (non-hydrogen) atoms. The fourth-order valence-electron chi connectivity index (χ4n) is 1.86. The van der Waals surface area contributed by atoms with E-state index in [1.165, 1.54) is 4.90 Å². The van der Waals surface area contributed by atoms with Gasteiger partial charge < -0.3 is 0 Å². The molecule has 1 atom stereocenters. The molecule has 0 amide bonds. The molecule has 0 saturated heterocycles. The molecule has 0 N–H and O–H groups in total. The first-order valence-electron chi connectivity index (χ1n) is 5.91. The summed E-state index contributed by atoms with van der Waals surface area (Å²) in [6.45, 7) is 1.65. The summed E-state index contributed by atoms with van der Waals surface area (Å²) < 4.78 is 37.2. The molecule has 0 heterocycles. The second-order valence-electron chi connectivity index (χ2n) is 4.23. The number of benzene rings is 1. The Morgan fingerprint density at radius 2 is 1.83 bits per heavy atom. The molecule has 0 aliphatic carbocycles. The second-order valence-corrected chi connectivity index (χ2v) is 4.60. The van der Waals surface area contributed by atoms with Gasteiger partial charge in [0.15, 0.2) is 0 Å². The molecular formula is C13H18F3NS. The summed E-state index contributed by atoms with van der Waals surface area (Å²) >= 11 is 4.24. The first-order valence-corrected chi connectivity index (χ1v) is 6.54. The van der Waals surface area contributed by atoms with Crippen molar-refractivity contribution in [3.05, 3.63) is 35.9 Å². The predicted octanol–water partition coefficient (Wildman–Crippen LogP) is 3.58. The van der Waals surface area contributed by atoms with Gasteiger partial charge in [-0.3, -0.25) is 4.90 Å². The van der Waals surface area contributed by atoms with Gasteiger partial charge in [0, 0.05) is 12.5 Å². The van der Waals surface area contributed by atoms with Gasteiger partial charge in [0.25, 0.3) is 0 Å². The summed E-state index contributed by atoms with van der Waals surface area (Å²) in [6.07, 6.45) is -4.14. The molecule has 102 valence electrons. The Hall–Kier alpha value is -0.680. The van der Waals surface area contributed by atoms with E-state index < -0.39 is 12.7 Å². The number of halogens is 3. The number of hydrogen-bond donors (Lipinski definition) is 1. The highest BCUT2D eigenvalue weighted by Gasteiger charge is 2.30. The van der Waals surface area contributed by atoms with Crippen molar-refractivity contribution in [2.24, 2.45) is 0 Å². The third kappa shape index (κ3) is 5.31. The van der Waals surface area contributed by atoms with E-state index in [0.717, 1.165) is 5.56 Å². The van der Waals surface area contributed by atoms with Crippen LogP contribution in [-0.4, -0.2) is 36.5 Å². The third-order valence-electron chi connectivity index (χ3n) is 2.82. The summed E-state index contributed by atoms with van der Waals surface area (Å²) in [6, 6.07) is 9.55. The number of thiol groups is 1. The first kappa shape index (κ1) is 15.4. The van der Waals surface area contributed by atoms with Gasteiger partial charge in [0.2, 0.25) is 0 Å². The maximum absolute atomic E-state index is 12.4. The van der Waals surface area contributed by atoms with Gasteiger partial charge in [-0.1, -0.05) is 37.3 Å². The van der Waals surface area contributed by atoms with Crippen LogP contribution in [0.15, 0.2) is 30.3 Å². The van der Waals surface area contributed by atoms with Crippen LogP contribution in [0.3, 0.4) is 0 Å². The third-order valence-corrected chi connectivity index (χ3v) is 3.26. The smallest absolute Gasteiger partial charge is 0.295 e. The van der Waals surface area contributed by atoms with Crippen molar-refractivity contribution in [2.45, 2.75) is 19.0 Å². The van der Waals surface area contributed by atoms with E-state index in [1.54, 1.807) is 6.92 Å². The van der Waals surface area contributed by atoms with E-state index in [-0.39, 0.29) is 5.92 Å². The molecule has 1 aromatic carbocycles. The zero-order valence-electron chi connectivity index (χ0n) is 10.3. The minimum atomic E-state index is -4.14. The molecule has 1 rings (SSSR count). The van der Waals surface area contributed by atoms with E-state index in [4.69, 9.17) is 0 Å². The molecule has 0 spiro atoms. The fraction of sp³-hybridized carbons (Fsp3) is 0.538. The van der Waals surface area contributed by atoms with E-state index in [2.05, 4.69) is 12.6 Å². The highest BCUT2D eigenvalue weighted by Crippen LogP contribution is 2.22. The molecule has 0 radical (unpaired) electrons. The molecule has 1 unspecified atom stereocenters. The molecule has 0 bridgehead atoms. The van der Waals surface area contributed by atoms with Crippen molar-refractivity contribution < 1.29 is 13.2 Å². The van der Waals surface area contributed by atoms with Gasteiger partial charge in [0.05, 0.1) is 6.54 Å². The van der Waals surface area contributed by atoms with E-state index in [1.807, 2.05) is 30.3 Å². The number of alkyl halides is 3. The monoisotopic (exact) mass is 277 g/mol.